The standard InChI is InChI=1S/C9H14N2/c1-3-4-5-9(2)11-7-6-10-8-11/h5-8H,3-4H2,1-2H3/b9-5-. The number of hydrogen-bond acceptors (Lipinski definition) is 1. The Morgan fingerprint density at radius 1 is 1.64 bits per heavy atom. The third-order valence-electron chi connectivity index (χ3n) is 1.64. The fourth-order valence-corrected chi connectivity index (χ4v) is 0.926. The lowest BCUT2D eigenvalue weighted by Crippen LogP contribution is -1.87. The van der Waals surface area contributed by atoms with Gasteiger partial charge in [-0.15, -0.1) is 0 Å². The highest BCUT2D eigenvalue weighted by molar-refractivity contribution is 5.41. The SMILES string of the molecule is CCC/C=C(/C)n1ccnc1. The van der Waals surface area contributed by atoms with E-state index in [9.17, 15) is 0 Å². The highest BCUT2D eigenvalue weighted by Crippen LogP contribution is 2.03. The molecule has 1 aromatic rings. The molecular formula is C9H14N2. The lowest BCUT2D eigenvalue weighted by atomic mass is 10.3. The summed E-state index contributed by atoms with van der Waals surface area (Å²) in [5, 5.41) is 0. The minimum Gasteiger partial charge on any atom is -0.311 e. The summed E-state index contributed by atoms with van der Waals surface area (Å²) in [4.78, 5) is 3.97. The van der Waals surface area contributed by atoms with Crippen molar-refractivity contribution in [2.24, 2.45) is 0 Å². The van der Waals surface area contributed by atoms with E-state index in [2.05, 4.69) is 24.9 Å². The Bertz CT molecular complexity index is 222. The van der Waals surface area contributed by atoms with E-state index < -0.39 is 0 Å². The molecule has 2 nitrogen and oxygen atoms in total. The van der Waals surface area contributed by atoms with E-state index >= 15 is 0 Å². The van der Waals surface area contributed by atoms with Crippen LogP contribution in [0.1, 0.15) is 26.7 Å². The van der Waals surface area contributed by atoms with Crippen molar-refractivity contribution in [1.82, 2.24) is 9.55 Å². The van der Waals surface area contributed by atoms with Crippen molar-refractivity contribution >= 4 is 5.70 Å². The Balaban J connectivity index is 2.62. The van der Waals surface area contributed by atoms with Gasteiger partial charge in [0.15, 0.2) is 0 Å². The maximum Gasteiger partial charge on any atom is 0.0988 e. The van der Waals surface area contributed by atoms with Crippen LogP contribution < -0.4 is 0 Å². The molecule has 0 aliphatic carbocycles. The molecule has 0 bridgehead atoms. The second kappa shape index (κ2) is 3.96. The summed E-state index contributed by atoms with van der Waals surface area (Å²) in [7, 11) is 0. The van der Waals surface area contributed by atoms with E-state index in [1.165, 1.54) is 12.1 Å². The fraction of sp³-hybridized carbons (Fsp3) is 0.444. The van der Waals surface area contributed by atoms with Crippen LogP contribution in [0.5, 0.6) is 0 Å². The first-order valence-electron chi connectivity index (χ1n) is 3.99. The van der Waals surface area contributed by atoms with Crippen molar-refractivity contribution in [1.29, 1.82) is 0 Å². The second-order valence-corrected chi connectivity index (χ2v) is 2.60. The minimum atomic E-state index is 1.14. The Kier molecular flexibility index (Phi) is 2.90. The molecule has 0 N–H and O–H groups in total. The monoisotopic (exact) mass is 150 g/mol. The molecule has 2 heteroatoms. The van der Waals surface area contributed by atoms with Gasteiger partial charge in [-0.1, -0.05) is 19.4 Å². The largest absolute Gasteiger partial charge is 0.311 e. The zero-order valence-electron chi connectivity index (χ0n) is 7.12. The molecule has 60 valence electrons. The van der Waals surface area contributed by atoms with Crippen LogP contribution in [0.2, 0.25) is 0 Å². The number of unbranched alkanes of at least 4 members (excludes halogenated alkanes) is 1. The topological polar surface area (TPSA) is 17.8 Å². The van der Waals surface area contributed by atoms with Crippen LogP contribution in [0, 0.1) is 0 Å². The molecule has 1 heterocycles. The van der Waals surface area contributed by atoms with E-state index in [1.54, 1.807) is 6.20 Å². The summed E-state index contributed by atoms with van der Waals surface area (Å²) < 4.78 is 2.02. The van der Waals surface area contributed by atoms with E-state index in [0.717, 1.165) is 6.42 Å². The van der Waals surface area contributed by atoms with Crippen molar-refractivity contribution in [2.75, 3.05) is 0 Å². The summed E-state index contributed by atoms with van der Waals surface area (Å²) in [6.45, 7) is 4.27. The highest BCUT2D eigenvalue weighted by atomic mass is 15.0. The zero-order chi connectivity index (χ0) is 8.10. The lowest BCUT2D eigenvalue weighted by Gasteiger charge is -1.99. The van der Waals surface area contributed by atoms with E-state index in [-0.39, 0.29) is 0 Å². The predicted octanol–water partition coefficient (Wildman–Crippen LogP) is 2.54. The quantitative estimate of drug-likeness (QED) is 0.647. The van der Waals surface area contributed by atoms with E-state index in [0.29, 0.717) is 0 Å². The molecule has 0 saturated heterocycles. The molecule has 1 aromatic heterocycles. The van der Waals surface area contributed by atoms with E-state index in [1.807, 2.05) is 17.1 Å². The van der Waals surface area contributed by atoms with Crippen LogP contribution in [-0.4, -0.2) is 9.55 Å². The van der Waals surface area contributed by atoms with Gasteiger partial charge < -0.3 is 4.57 Å². The third-order valence-corrected chi connectivity index (χ3v) is 1.64. The highest BCUT2D eigenvalue weighted by Gasteiger charge is 1.89. The Labute approximate surface area is 67.6 Å². The Morgan fingerprint density at radius 2 is 2.45 bits per heavy atom. The molecule has 0 amide bonds. The third kappa shape index (κ3) is 2.22. The zero-order valence-corrected chi connectivity index (χ0v) is 7.12. The van der Waals surface area contributed by atoms with Crippen molar-refractivity contribution in [3.05, 3.63) is 24.8 Å². The number of nitrogens with zero attached hydrogens (tertiary/aromatic N) is 2. The first-order chi connectivity index (χ1) is 5.34. The fourth-order valence-electron chi connectivity index (χ4n) is 0.926. The summed E-state index contributed by atoms with van der Waals surface area (Å²) in [5.41, 5.74) is 1.25. The summed E-state index contributed by atoms with van der Waals surface area (Å²) in [6, 6.07) is 0. The number of aromatic nitrogens is 2. The molecule has 0 atom stereocenters. The van der Waals surface area contributed by atoms with E-state index in [4.69, 9.17) is 0 Å². The molecule has 0 radical (unpaired) electrons. The number of hydrogen-bond donors (Lipinski definition) is 0. The lowest BCUT2D eigenvalue weighted by molar-refractivity contribution is 0.944. The van der Waals surface area contributed by atoms with Crippen molar-refractivity contribution < 1.29 is 0 Å². The van der Waals surface area contributed by atoms with Gasteiger partial charge in [-0.2, -0.15) is 0 Å². The van der Waals surface area contributed by atoms with Crippen LogP contribution in [0.3, 0.4) is 0 Å². The van der Waals surface area contributed by atoms with Gasteiger partial charge in [-0.25, -0.2) is 4.98 Å². The van der Waals surface area contributed by atoms with Crippen LogP contribution in [0.4, 0.5) is 0 Å². The van der Waals surface area contributed by atoms with Crippen molar-refractivity contribution in [3.8, 4) is 0 Å². The molecule has 0 aromatic carbocycles. The second-order valence-electron chi connectivity index (χ2n) is 2.60. The molecule has 0 aliphatic rings. The minimum absolute atomic E-state index is 1.14. The van der Waals surface area contributed by atoms with Crippen LogP contribution in [0.25, 0.3) is 5.70 Å². The number of rotatable bonds is 3. The van der Waals surface area contributed by atoms with Crippen LogP contribution >= 0.6 is 0 Å². The van der Waals surface area contributed by atoms with Crippen LogP contribution in [0.15, 0.2) is 24.8 Å². The smallest absolute Gasteiger partial charge is 0.0988 e. The first kappa shape index (κ1) is 8.05. The van der Waals surface area contributed by atoms with Gasteiger partial charge in [-0.05, 0) is 13.3 Å². The van der Waals surface area contributed by atoms with Gasteiger partial charge in [-0.3, -0.25) is 0 Å². The van der Waals surface area contributed by atoms with Gasteiger partial charge in [0.25, 0.3) is 0 Å². The maximum absolute atomic E-state index is 3.97. The Hall–Kier alpha value is -1.05. The van der Waals surface area contributed by atoms with Crippen molar-refractivity contribution in [2.45, 2.75) is 26.7 Å². The maximum atomic E-state index is 3.97. The predicted molar refractivity (Wildman–Crippen MR) is 47.1 cm³/mol. The van der Waals surface area contributed by atoms with Gasteiger partial charge >= 0.3 is 0 Å². The molecule has 0 spiro atoms. The summed E-state index contributed by atoms with van der Waals surface area (Å²) in [6.07, 6.45) is 10.1. The molecular weight excluding hydrogens is 136 g/mol. The molecule has 0 unspecified atom stereocenters. The van der Waals surface area contributed by atoms with Gasteiger partial charge in [0.1, 0.15) is 0 Å². The molecule has 0 aliphatic heterocycles. The molecule has 0 saturated carbocycles. The molecule has 1 rings (SSSR count). The average molecular weight is 150 g/mol. The summed E-state index contributed by atoms with van der Waals surface area (Å²) >= 11 is 0. The van der Waals surface area contributed by atoms with Gasteiger partial charge in [0.05, 0.1) is 6.33 Å². The first-order valence-corrected chi connectivity index (χ1v) is 3.99. The number of allylic oxidation sites excluding steroid dienone is 2. The normalized spacial score (nSPS) is 12.0. The summed E-state index contributed by atoms with van der Waals surface area (Å²) in [5.74, 6) is 0. The van der Waals surface area contributed by atoms with Gasteiger partial charge in [0, 0.05) is 18.1 Å². The van der Waals surface area contributed by atoms with Crippen molar-refractivity contribution in [3.63, 3.8) is 0 Å². The molecule has 11 heavy (non-hydrogen) atoms. The Morgan fingerprint density at radius 3 is 3.00 bits per heavy atom. The van der Waals surface area contributed by atoms with Gasteiger partial charge in [0.2, 0.25) is 0 Å². The van der Waals surface area contributed by atoms with Crippen LogP contribution in [-0.2, 0) is 0 Å². The average Bonchev–Trinajstić information content (AvgIpc) is 2.52. The number of imidazole rings is 1. The molecule has 0 fully saturated rings.